The smallest absolute Gasteiger partial charge is 0.277 e. The van der Waals surface area contributed by atoms with Gasteiger partial charge in [-0.25, -0.2) is 5.43 Å². The lowest BCUT2D eigenvalue weighted by atomic mass is 10.2. The Hall–Kier alpha value is -1.36. The van der Waals surface area contributed by atoms with Crippen LogP contribution in [0.4, 0.5) is 0 Å². The Balaban J connectivity index is 2.43. The fraction of sp³-hybridized carbons (Fsp3) is 0.385. The van der Waals surface area contributed by atoms with Crippen molar-refractivity contribution in [3.8, 4) is 5.75 Å². The molecule has 0 unspecified atom stereocenters. The van der Waals surface area contributed by atoms with Crippen molar-refractivity contribution in [2.75, 3.05) is 6.61 Å². The lowest BCUT2D eigenvalue weighted by Crippen LogP contribution is -2.24. The van der Waals surface area contributed by atoms with Gasteiger partial charge in [0.05, 0.1) is 4.47 Å². The van der Waals surface area contributed by atoms with Gasteiger partial charge in [-0.1, -0.05) is 19.9 Å². The van der Waals surface area contributed by atoms with Crippen molar-refractivity contribution in [1.82, 2.24) is 5.43 Å². The Bertz CT molecular complexity index is 445. The SMILES string of the molecule is Cc1ccc(OCC(=O)NN=CC(C)C)c(Br)c1. The molecule has 0 aliphatic rings. The normalized spacial score (nSPS) is 10.9. The highest BCUT2D eigenvalue weighted by atomic mass is 79.9. The van der Waals surface area contributed by atoms with E-state index in [2.05, 4.69) is 26.5 Å². The van der Waals surface area contributed by atoms with E-state index in [9.17, 15) is 4.79 Å². The molecule has 0 fully saturated rings. The fourth-order valence-electron chi connectivity index (χ4n) is 1.16. The maximum absolute atomic E-state index is 11.4. The van der Waals surface area contributed by atoms with Gasteiger partial charge in [0.15, 0.2) is 6.61 Å². The van der Waals surface area contributed by atoms with E-state index in [0.717, 1.165) is 10.0 Å². The van der Waals surface area contributed by atoms with Crippen molar-refractivity contribution < 1.29 is 9.53 Å². The Morgan fingerprint density at radius 2 is 2.28 bits per heavy atom. The first-order chi connectivity index (χ1) is 8.49. The first-order valence-electron chi connectivity index (χ1n) is 5.70. The summed E-state index contributed by atoms with van der Waals surface area (Å²) in [6.45, 7) is 5.89. The molecule has 0 spiro atoms. The van der Waals surface area contributed by atoms with Crippen molar-refractivity contribution in [3.63, 3.8) is 0 Å². The molecule has 0 heterocycles. The molecule has 0 saturated heterocycles. The number of nitrogens with zero attached hydrogens (tertiary/aromatic N) is 1. The first-order valence-corrected chi connectivity index (χ1v) is 6.49. The van der Waals surface area contributed by atoms with Gasteiger partial charge < -0.3 is 4.74 Å². The van der Waals surface area contributed by atoms with Crippen LogP contribution in [-0.4, -0.2) is 18.7 Å². The van der Waals surface area contributed by atoms with Crippen molar-refractivity contribution in [2.45, 2.75) is 20.8 Å². The third-order valence-electron chi connectivity index (χ3n) is 2.01. The number of benzene rings is 1. The standard InChI is InChI=1S/C13H17BrN2O2/c1-9(2)7-15-16-13(17)8-18-12-5-4-10(3)6-11(12)14/h4-7,9H,8H2,1-3H3,(H,16,17). The van der Waals surface area contributed by atoms with Crippen molar-refractivity contribution in [2.24, 2.45) is 11.0 Å². The van der Waals surface area contributed by atoms with Gasteiger partial charge in [0.1, 0.15) is 5.75 Å². The van der Waals surface area contributed by atoms with Crippen LogP contribution in [0.5, 0.6) is 5.75 Å². The molecular weight excluding hydrogens is 296 g/mol. The molecule has 18 heavy (non-hydrogen) atoms. The van der Waals surface area contributed by atoms with E-state index in [4.69, 9.17) is 4.74 Å². The predicted octanol–water partition coefficient (Wildman–Crippen LogP) is 2.89. The van der Waals surface area contributed by atoms with Crippen molar-refractivity contribution in [3.05, 3.63) is 28.2 Å². The third kappa shape index (κ3) is 5.31. The van der Waals surface area contributed by atoms with Gasteiger partial charge in [0.25, 0.3) is 5.91 Å². The van der Waals surface area contributed by atoms with Crippen LogP contribution in [0.15, 0.2) is 27.8 Å². The summed E-state index contributed by atoms with van der Waals surface area (Å²) in [4.78, 5) is 11.4. The highest BCUT2D eigenvalue weighted by Crippen LogP contribution is 2.25. The summed E-state index contributed by atoms with van der Waals surface area (Å²) in [7, 11) is 0. The Labute approximate surface area is 116 Å². The molecule has 1 N–H and O–H groups in total. The predicted molar refractivity (Wildman–Crippen MR) is 75.8 cm³/mol. The molecule has 1 aromatic carbocycles. The largest absolute Gasteiger partial charge is 0.483 e. The molecule has 1 amide bonds. The number of amides is 1. The van der Waals surface area contributed by atoms with Crippen LogP contribution in [0.3, 0.4) is 0 Å². The summed E-state index contributed by atoms with van der Waals surface area (Å²) in [6, 6.07) is 5.68. The molecule has 0 aliphatic carbocycles. The van der Waals surface area contributed by atoms with E-state index in [1.807, 2.05) is 39.0 Å². The van der Waals surface area contributed by atoms with E-state index in [1.54, 1.807) is 6.21 Å². The Kier molecular flexibility index (Phi) is 5.85. The van der Waals surface area contributed by atoms with E-state index < -0.39 is 0 Å². The average Bonchev–Trinajstić information content (AvgIpc) is 2.27. The number of rotatable bonds is 5. The summed E-state index contributed by atoms with van der Waals surface area (Å²) < 4.78 is 6.21. The summed E-state index contributed by atoms with van der Waals surface area (Å²) in [6.07, 6.45) is 1.67. The molecule has 98 valence electrons. The van der Waals surface area contributed by atoms with Crippen LogP contribution >= 0.6 is 15.9 Å². The number of nitrogens with one attached hydrogen (secondary N) is 1. The van der Waals surface area contributed by atoms with Crippen LogP contribution in [0.1, 0.15) is 19.4 Å². The number of aryl methyl sites for hydroxylation is 1. The molecule has 0 bridgehead atoms. The number of hydrogen-bond acceptors (Lipinski definition) is 3. The molecule has 0 saturated carbocycles. The molecule has 0 aromatic heterocycles. The van der Waals surface area contributed by atoms with E-state index >= 15 is 0 Å². The summed E-state index contributed by atoms with van der Waals surface area (Å²) in [5.41, 5.74) is 3.53. The zero-order valence-corrected chi connectivity index (χ0v) is 12.3. The quantitative estimate of drug-likeness (QED) is 0.671. The topological polar surface area (TPSA) is 50.7 Å². The summed E-state index contributed by atoms with van der Waals surface area (Å²) in [5.74, 6) is 0.667. The molecule has 0 radical (unpaired) electrons. The number of ether oxygens (including phenoxy) is 1. The average molecular weight is 313 g/mol. The van der Waals surface area contributed by atoms with Crippen LogP contribution in [0.2, 0.25) is 0 Å². The lowest BCUT2D eigenvalue weighted by molar-refractivity contribution is -0.123. The first kappa shape index (κ1) is 14.7. The van der Waals surface area contributed by atoms with Crippen LogP contribution in [0, 0.1) is 12.8 Å². The van der Waals surface area contributed by atoms with E-state index in [-0.39, 0.29) is 12.5 Å². The molecular formula is C13H17BrN2O2. The minimum atomic E-state index is -0.278. The summed E-state index contributed by atoms with van der Waals surface area (Å²) in [5, 5.41) is 3.80. The molecule has 4 nitrogen and oxygen atoms in total. The number of carbonyl (C=O) groups excluding carboxylic acids is 1. The molecule has 1 rings (SSSR count). The molecule has 0 aliphatic heterocycles. The van der Waals surface area contributed by atoms with Crippen LogP contribution in [-0.2, 0) is 4.79 Å². The maximum atomic E-state index is 11.4. The highest BCUT2D eigenvalue weighted by molar-refractivity contribution is 9.10. The van der Waals surface area contributed by atoms with Gasteiger partial charge in [-0.05, 0) is 46.5 Å². The van der Waals surface area contributed by atoms with Gasteiger partial charge in [-0.15, -0.1) is 0 Å². The minimum Gasteiger partial charge on any atom is -0.483 e. The zero-order chi connectivity index (χ0) is 13.5. The highest BCUT2D eigenvalue weighted by Gasteiger charge is 2.04. The number of hydrogen-bond donors (Lipinski definition) is 1. The van der Waals surface area contributed by atoms with Crippen molar-refractivity contribution in [1.29, 1.82) is 0 Å². The second-order valence-corrected chi connectivity index (χ2v) is 5.13. The molecule has 0 atom stereocenters. The second kappa shape index (κ2) is 7.16. The monoisotopic (exact) mass is 312 g/mol. The number of hydrazone groups is 1. The zero-order valence-electron chi connectivity index (χ0n) is 10.7. The van der Waals surface area contributed by atoms with Gasteiger partial charge in [-0.2, -0.15) is 5.10 Å². The molecule has 1 aromatic rings. The number of carbonyl (C=O) groups is 1. The second-order valence-electron chi connectivity index (χ2n) is 4.28. The van der Waals surface area contributed by atoms with Gasteiger partial charge in [0, 0.05) is 6.21 Å². The van der Waals surface area contributed by atoms with Crippen LogP contribution in [0.25, 0.3) is 0 Å². The van der Waals surface area contributed by atoms with E-state index in [0.29, 0.717) is 11.7 Å². The molecule has 5 heteroatoms. The fourth-order valence-corrected chi connectivity index (χ4v) is 1.76. The maximum Gasteiger partial charge on any atom is 0.277 e. The van der Waals surface area contributed by atoms with E-state index in [1.165, 1.54) is 0 Å². The Morgan fingerprint density at radius 1 is 1.56 bits per heavy atom. The third-order valence-corrected chi connectivity index (χ3v) is 2.63. The van der Waals surface area contributed by atoms with Gasteiger partial charge >= 0.3 is 0 Å². The Morgan fingerprint density at radius 3 is 2.89 bits per heavy atom. The van der Waals surface area contributed by atoms with Gasteiger partial charge in [-0.3, -0.25) is 4.79 Å². The number of halogens is 1. The van der Waals surface area contributed by atoms with Gasteiger partial charge in [0.2, 0.25) is 0 Å². The lowest BCUT2D eigenvalue weighted by Gasteiger charge is -2.07. The minimum absolute atomic E-state index is 0.0584. The summed E-state index contributed by atoms with van der Waals surface area (Å²) >= 11 is 3.38. The van der Waals surface area contributed by atoms with Crippen molar-refractivity contribution >= 4 is 28.1 Å². The van der Waals surface area contributed by atoms with Crippen LogP contribution < -0.4 is 10.2 Å².